The van der Waals surface area contributed by atoms with Crippen LogP contribution < -0.4 is 14.3 Å². The number of furan rings is 1. The maximum Gasteiger partial charge on any atom is 0.417 e. The molecule has 0 aliphatic carbocycles. The Bertz CT molecular complexity index is 3190. The summed E-state index contributed by atoms with van der Waals surface area (Å²) < 4.78 is 63.1. The summed E-state index contributed by atoms with van der Waals surface area (Å²) in [5.41, 5.74) is 5.18. The summed E-state index contributed by atoms with van der Waals surface area (Å²) >= 11 is 0. The molecule has 0 radical (unpaired) electrons. The molecule has 50 heavy (non-hydrogen) atoms. The van der Waals surface area contributed by atoms with Crippen LogP contribution in [0.25, 0.3) is 76.8 Å². The fourth-order valence-corrected chi connectivity index (χ4v) is 10.2. The van der Waals surface area contributed by atoms with Crippen molar-refractivity contribution in [2.75, 3.05) is 0 Å². The van der Waals surface area contributed by atoms with Gasteiger partial charge in [-0.3, -0.25) is 0 Å². The molecule has 1 spiro atoms. The molecule has 11 rings (SSSR count). The molecule has 4 heteroatoms. The molecule has 2 aliphatic rings. The van der Waals surface area contributed by atoms with Crippen LogP contribution in [0.1, 0.15) is 30.5 Å². The Morgan fingerprint density at radius 2 is 1.24 bits per heavy atom. The molecule has 1 unspecified atom stereocenters. The van der Waals surface area contributed by atoms with E-state index in [4.69, 9.17) is 12.6 Å². The normalized spacial score (nSPS) is 18.5. The van der Waals surface area contributed by atoms with Gasteiger partial charge in [-0.1, -0.05) is 86.4 Å². The minimum absolute atomic E-state index is 0.185. The molecule has 6 aromatic carbocycles. The lowest BCUT2D eigenvalue weighted by Crippen LogP contribution is -2.72. The van der Waals surface area contributed by atoms with Gasteiger partial charge >= 0.3 is 5.66 Å². The van der Waals surface area contributed by atoms with E-state index in [0.29, 0.717) is 11.3 Å². The lowest BCUT2D eigenvalue weighted by atomic mass is 9.88. The number of hydrogen-bond acceptors (Lipinski definition) is 1. The van der Waals surface area contributed by atoms with E-state index in [-0.39, 0.29) is 11.1 Å². The smallest absolute Gasteiger partial charge is 0.417 e. The van der Waals surface area contributed by atoms with Crippen LogP contribution in [0.3, 0.4) is 0 Å². The predicted molar refractivity (Wildman–Crippen MR) is 208 cm³/mol. The molecule has 5 heterocycles. The Kier molecular flexibility index (Phi) is 4.29. The van der Waals surface area contributed by atoms with Gasteiger partial charge in [0.2, 0.25) is 11.4 Å². The van der Waals surface area contributed by atoms with Crippen LogP contribution in [-0.2, 0) is 5.66 Å². The van der Waals surface area contributed by atoms with Crippen molar-refractivity contribution in [3.8, 4) is 22.5 Å². The second-order valence-electron chi connectivity index (χ2n) is 14.9. The minimum atomic E-state index is -2.69. The Morgan fingerprint density at radius 3 is 2.00 bits per heavy atom. The van der Waals surface area contributed by atoms with Gasteiger partial charge in [-0.15, -0.1) is 9.13 Å². The Hall–Kier alpha value is -5.58. The van der Waals surface area contributed by atoms with Crippen LogP contribution in [0.2, 0.25) is 19.6 Å². The molecule has 0 saturated carbocycles. The van der Waals surface area contributed by atoms with Gasteiger partial charge in [0.25, 0.3) is 0 Å². The van der Waals surface area contributed by atoms with E-state index in [0.717, 1.165) is 71.2 Å². The van der Waals surface area contributed by atoms with Gasteiger partial charge in [-0.05, 0) is 82.6 Å². The molecule has 238 valence electrons. The summed E-state index contributed by atoms with van der Waals surface area (Å²) in [5, 5.41) is 10.0. The summed E-state index contributed by atoms with van der Waals surface area (Å²) in [6.07, 6.45) is 3.83. The maximum absolute atomic E-state index is 8.64. The van der Waals surface area contributed by atoms with Crippen molar-refractivity contribution < 1.29 is 21.8 Å². The van der Waals surface area contributed by atoms with Crippen molar-refractivity contribution >= 4 is 67.5 Å². The zero-order valence-electron chi connectivity index (χ0n) is 33.9. The highest BCUT2D eigenvalue weighted by molar-refractivity contribution is 6.88. The highest BCUT2D eigenvalue weighted by atomic mass is 28.3. The van der Waals surface area contributed by atoms with Gasteiger partial charge in [0.1, 0.15) is 27.9 Å². The zero-order chi connectivity index (χ0) is 38.7. The van der Waals surface area contributed by atoms with E-state index in [9.17, 15) is 0 Å². The Morgan fingerprint density at radius 1 is 0.580 bits per heavy atom. The van der Waals surface area contributed by atoms with Crippen molar-refractivity contribution in [1.29, 1.82) is 0 Å². The van der Waals surface area contributed by atoms with Crippen molar-refractivity contribution in [3.63, 3.8) is 0 Å². The molecule has 0 bridgehead atoms. The zero-order valence-corrected chi connectivity index (χ0v) is 28.9. The van der Waals surface area contributed by atoms with Crippen LogP contribution in [-0.4, -0.2) is 8.07 Å². The molecule has 3 nitrogen and oxygen atoms in total. The summed E-state index contributed by atoms with van der Waals surface area (Å²) in [7, 11) is -1.85. The van der Waals surface area contributed by atoms with Crippen LogP contribution in [0.5, 0.6) is 0 Å². The van der Waals surface area contributed by atoms with Crippen molar-refractivity contribution in [1.82, 2.24) is 0 Å². The first-order valence-electron chi connectivity index (χ1n) is 20.2. The van der Waals surface area contributed by atoms with E-state index in [1.54, 1.807) is 12.3 Å². The lowest BCUT2D eigenvalue weighted by Gasteiger charge is -2.20. The molecule has 9 aromatic rings. The van der Waals surface area contributed by atoms with E-state index in [1.165, 1.54) is 10.6 Å². The average molecular weight is 667 g/mol. The SMILES string of the molecule is [2H]C([2H])([2H])c1cc2[n+](cc1C([2H])([2H])[2H])C1(c3ccccc3-c3ccc([Si](C)(C)C)c[n+]31)c1ccc3c(oc4ccc5c6ccccc6c6ccccc6c5c43)c1-2. The second kappa shape index (κ2) is 9.35. The highest BCUT2D eigenvalue weighted by Gasteiger charge is 2.67. The van der Waals surface area contributed by atoms with Crippen molar-refractivity contribution in [2.24, 2.45) is 0 Å². The van der Waals surface area contributed by atoms with Crippen molar-refractivity contribution in [2.45, 2.75) is 39.0 Å². The van der Waals surface area contributed by atoms with Gasteiger partial charge in [0.15, 0.2) is 12.4 Å². The highest BCUT2D eigenvalue weighted by Crippen LogP contribution is 2.51. The van der Waals surface area contributed by atoms with Gasteiger partial charge in [0, 0.05) is 47.3 Å². The van der Waals surface area contributed by atoms with Gasteiger partial charge in [0.05, 0.1) is 13.6 Å². The lowest BCUT2D eigenvalue weighted by molar-refractivity contribution is -0.954. The Balaban J connectivity index is 1.36. The third kappa shape index (κ3) is 3.30. The fourth-order valence-electron chi connectivity index (χ4n) is 9.10. The van der Waals surface area contributed by atoms with Crippen LogP contribution in [0.15, 0.2) is 132 Å². The molecule has 2 aliphatic heterocycles. The monoisotopic (exact) mass is 666 g/mol. The fraction of sp³-hybridized carbons (Fsp3) is 0.130. The second-order valence-corrected chi connectivity index (χ2v) is 20.0. The summed E-state index contributed by atoms with van der Waals surface area (Å²) in [5.74, 6) is 0. The number of rotatable bonds is 1. The molecule has 0 N–H and O–H groups in total. The maximum atomic E-state index is 8.64. The van der Waals surface area contributed by atoms with E-state index in [2.05, 4.69) is 121 Å². The third-order valence-corrected chi connectivity index (χ3v) is 13.3. The number of fused-ring (bicyclic) bond motifs is 21. The molecule has 0 amide bonds. The molecular formula is C46H36N2OSi+2. The van der Waals surface area contributed by atoms with Gasteiger partial charge < -0.3 is 4.42 Å². The molecule has 0 saturated heterocycles. The molecule has 1 atom stereocenters. The van der Waals surface area contributed by atoms with E-state index in [1.807, 2.05) is 22.8 Å². The first kappa shape index (κ1) is 22.9. The summed E-state index contributed by atoms with van der Waals surface area (Å²) in [6, 6.07) is 39.8. The largest absolute Gasteiger partial charge is 0.455 e. The van der Waals surface area contributed by atoms with E-state index >= 15 is 0 Å². The number of nitrogens with zero attached hydrogens (tertiary/aromatic N) is 2. The Labute approximate surface area is 300 Å². The number of hydrogen-bond donors (Lipinski definition) is 0. The third-order valence-electron chi connectivity index (χ3n) is 11.3. The first-order valence-corrected chi connectivity index (χ1v) is 20.7. The summed E-state index contributed by atoms with van der Waals surface area (Å²) in [4.78, 5) is 0. The summed E-state index contributed by atoms with van der Waals surface area (Å²) in [6.45, 7) is 1.58. The first-order chi connectivity index (χ1) is 26.7. The van der Waals surface area contributed by atoms with Crippen LogP contribution >= 0.6 is 0 Å². The molecule has 0 fully saturated rings. The molecular weight excluding hydrogens is 625 g/mol. The number of aromatic nitrogens is 2. The van der Waals surface area contributed by atoms with Crippen LogP contribution in [0.4, 0.5) is 0 Å². The minimum Gasteiger partial charge on any atom is -0.455 e. The number of pyridine rings is 2. The predicted octanol–water partition coefficient (Wildman–Crippen LogP) is 10.0. The van der Waals surface area contributed by atoms with Gasteiger partial charge in [-0.25, -0.2) is 0 Å². The van der Waals surface area contributed by atoms with Crippen LogP contribution in [0, 0.1) is 13.7 Å². The number of benzene rings is 6. The van der Waals surface area contributed by atoms with Crippen molar-refractivity contribution in [3.05, 3.63) is 150 Å². The van der Waals surface area contributed by atoms with Gasteiger partial charge in [-0.2, -0.15) is 0 Å². The molecule has 3 aromatic heterocycles. The van der Waals surface area contributed by atoms with E-state index < -0.39 is 27.4 Å². The standard InChI is InChI=1S/C46H36N2OSi/c1-27-24-40-44-38(46(47(40)25-28(27)2)37-17-11-10-16-35(37)39-22-18-29(26-48(39)46)50(3,4)5)21-19-36-43-41(49-45(36)44)23-20-34-32-14-7-6-12-30(32)31-13-8-9-15-33(31)42(34)43/h6-26H,1-5H3/q+2/i1D3,2D3. The number of aryl methyl sites for hydroxylation is 2. The quantitative estimate of drug-likeness (QED) is 0.0971. The average Bonchev–Trinajstić information content (AvgIpc) is 3.80. The topological polar surface area (TPSA) is 20.9 Å².